The standard InChI is InChI=1S/C47H69N13O17/c1-24(2)15-29(55-41(70)30(16-25-7-4-3-5-8-25)56-44(73)33(21-62)58-43(72)32(20-61)52-37(65)18-48)40(69)59-34(22-63)46(75)60-14-6-9-35(60)45(74)53-27(11-13-38(66)67)39(68)57-31(17-26-19-50-23-51-26)42(71)54-28(47(76)77)10-12-36(49)64/h3-5,7-8,19,23-24,27-35,61-63H,6,9-18,20-22,48H2,1-2H3,(H2,49,64)(H,50,51)(H,52,65)(H,53,74)(H,54,71)(H,55,70)(H,56,73)(H,57,68)(H,58,72)(H,59,69)(H,66,67)(H,76,77)/t27-,28-,29-,30-,31-,32-,33-,34-,35-/m0/s1. The van der Waals surface area contributed by atoms with Crippen LogP contribution in [-0.4, -0.2) is 199 Å². The number of carboxylic acids is 2. The van der Waals surface area contributed by atoms with E-state index in [1.54, 1.807) is 44.2 Å². The number of hydrogen-bond donors (Lipinski definition) is 16. The van der Waals surface area contributed by atoms with Gasteiger partial charge in [-0.15, -0.1) is 0 Å². The number of carbonyl (C=O) groups is 12. The van der Waals surface area contributed by atoms with E-state index in [2.05, 4.69) is 52.5 Å². The third-order valence-electron chi connectivity index (χ3n) is 11.9. The number of nitrogens with one attached hydrogen (secondary N) is 9. The average molecular weight is 1090 g/mol. The first-order chi connectivity index (χ1) is 36.5. The first-order valence-corrected chi connectivity index (χ1v) is 24.5. The van der Waals surface area contributed by atoms with Crippen molar-refractivity contribution in [2.45, 2.75) is 126 Å². The Hall–Kier alpha value is -8.09. The lowest BCUT2D eigenvalue weighted by Gasteiger charge is -2.31. The lowest BCUT2D eigenvalue weighted by Crippen LogP contribution is -2.61. The Bertz CT molecular complexity index is 2380. The van der Waals surface area contributed by atoms with Gasteiger partial charge >= 0.3 is 11.9 Å². The molecule has 0 spiro atoms. The minimum atomic E-state index is -1.72. The Morgan fingerprint density at radius 3 is 1.69 bits per heavy atom. The smallest absolute Gasteiger partial charge is 0.326 e. The van der Waals surface area contributed by atoms with Crippen LogP contribution in [0.5, 0.6) is 0 Å². The van der Waals surface area contributed by atoms with Gasteiger partial charge in [-0.2, -0.15) is 0 Å². The van der Waals surface area contributed by atoms with Crippen LogP contribution in [0, 0.1) is 5.92 Å². The molecular weight excluding hydrogens is 1020 g/mol. The molecule has 9 atom stereocenters. The van der Waals surface area contributed by atoms with Crippen LogP contribution in [0.15, 0.2) is 42.9 Å². The number of aliphatic hydroxyl groups excluding tert-OH is 3. The number of H-pyrrole nitrogens is 1. The molecular formula is C47H69N13O17. The van der Waals surface area contributed by atoms with E-state index in [0.29, 0.717) is 11.3 Å². The van der Waals surface area contributed by atoms with Crippen molar-refractivity contribution in [2.24, 2.45) is 17.4 Å². The number of hydrogen-bond acceptors (Lipinski definition) is 17. The van der Waals surface area contributed by atoms with Crippen LogP contribution in [0.4, 0.5) is 0 Å². The Labute approximate surface area is 441 Å². The van der Waals surface area contributed by atoms with Crippen LogP contribution in [0.25, 0.3) is 0 Å². The zero-order valence-corrected chi connectivity index (χ0v) is 42.4. The molecule has 30 nitrogen and oxygen atoms in total. The topological polar surface area (TPSA) is 486 Å². The summed E-state index contributed by atoms with van der Waals surface area (Å²) in [5.41, 5.74) is 11.2. The Kier molecular flexibility index (Phi) is 26.0. The summed E-state index contributed by atoms with van der Waals surface area (Å²) in [6.07, 6.45) is 0.237. The largest absolute Gasteiger partial charge is 0.481 e. The summed E-state index contributed by atoms with van der Waals surface area (Å²) in [4.78, 5) is 164. The van der Waals surface area contributed by atoms with Crippen LogP contribution in [-0.2, 0) is 70.4 Å². The van der Waals surface area contributed by atoms with E-state index < -0.39 is 177 Å². The molecule has 1 aliphatic rings. The zero-order chi connectivity index (χ0) is 57.4. The summed E-state index contributed by atoms with van der Waals surface area (Å²) in [6.45, 7) is -0.0934. The van der Waals surface area contributed by atoms with Gasteiger partial charge in [0, 0.05) is 44.1 Å². The molecule has 0 saturated carbocycles. The molecule has 1 saturated heterocycles. The lowest BCUT2D eigenvalue weighted by atomic mass is 10.0. The van der Waals surface area contributed by atoms with E-state index in [1.807, 2.05) is 0 Å². The lowest BCUT2D eigenvalue weighted by molar-refractivity contribution is -0.143. The van der Waals surface area contributed by atoms with Crippen LogP contribution in [0.3, 0.4) is 0 Å². The minimum Gasteiger partial charge on any atom is -0.481 e. The minimum absolute atomic E-state index is 0.00207. The highest BCUT2D eigenvalue weighted by Gasteiger charge is 2.41. The van der Waals surface area contributed by atoms with Crippen molar-refractivity contribution in [2.75, 3.05) is 32.9 Å². The van der Waals surface area contributed by atoms with E-state index in [1.165, 1.54) is 12.5 Å². The Balaban J connectivity index is 1.82. The number of amides is 10. The Morgan fingerprint density at radius 1 is 0.649 bits per heavy atom. The molecule has 1 aromatic heterocycles. The number of nitrogens with zero attached hydrogens (tertiary/aromatic N) is 2. The van der Waals surface area contributed by atoms with Crippen molar-refractivity contribution >= 4 is 71.0 Å². The van der Waals surface area contributed by atoms with Gasteiger partial charge in [-0.05, 0) is 43.6 Å². The fraction of sp³-hybridized carbons (Fsp3) is 0.553. The quantitative estimate of drug-likeness (QED) is 0.0316. The SMILES string of the molecule is CC(C)C[C@H](NC(=O)[C@H](Cc1ccccc1)NC(=O)[C@H](CO)NC(=O)[C@H](CO)NC(=O)CN)C(=O)N[C@@H](CO)C(=O)N1CCC[C@H]1C(=O)N[C@@H](CCC(=O)O)C(=O)N[C@@H](Cc1cnc[nH]1)C(=O)N[C@@H](CCC(N)=O)C(=O)O. The van der Waals surface area contributed by atoms with Crippen molar-refractivity contribution in [3.05, 3.63) is 54.1 Å². The predicted molar refractivity (Wildman–Crippen MR) is 265 cm³/mol. The van der Waals surface area contributed by atoms with Crippen molar-refractivity contribution < 1.29 is 83.1 Å². The van der Waals surface area contributed by atoms with Crippen molar-refractivity contribution in [1.29, 1.82) is 0 Å². The molecule has 0 unspecified atom stereocenters. The van der Waals surface area contributed by atoms with Gasteiger partial charge in [0.1, 0.15) is 54.4 Å². The Morgan fingerprint density at radius 2 is 1.16 bits per heavy atom. The fourth-order valence-electron chi connectivity index (χ4n) is 7.90. The van der Waals surface area contributed by atoms with Crippen molar-refractivity contribution in [1.82, 2.24) is 57.4 Å². The molecule has 2 heterocycles. The summed E-state index contributed by atoms with van der Waals surface area (Å²) < 4.78 is 0. The molecule has 1 fully saturated rings. The highest BCUT2D eigenvalue weighted by molar-refractivity contribution is 5.99. The monoisotopic (exact) mass is 1090 g/mol. The number of nitrogens with two attached hydrogens (primary N) is 2. The van der Waals surface area contributed by atoms with Gasteiger partial charge in [-0.25, -0.2) is 9.78 Å². The number of likely N-dealkylation sites (tertiary alicyclic amines) is 1. The van der Waals surface area contributed by atoms with Gasteiger partial charge in [0.25, 0.3) is 0 Å². The molecule has 424 valence electrons. The van der Waals surface area contributed by atoms with Gasteiger partial charge in [-0.1, -0.05) is 44.2 Å². The third kappa shape index (κ3) is 20.9. The van der Waals surface area contributed by atoms with Crippen LogP contribution < -0.4 is 54.0 Å². The normalized spacial score (nSPS) is 16.1. The van der Waals surface area contributed by atoms with Gasteiger partial charge in [-0.3, -0.25) is 52.7 Å². The van der Waals surface area contributed by atoms with Gasteiger partial charge in [0.15, 0.2) is 0 Å². The molecule has 77 heavy (non-hydrogen) atoms. The van der Waals surface area contributed by atoms with E-state index in [9.17, 15) is 83.1 Å². The number of aliphatic hydroxyl groups is 3. The molecule has 3 rings (SSSR count). The number of aromatic amines is 1. The van der Waals surface area contributed by atoms with E-state index in [-0.39, 0.29) is 44.6 Å². The number of benzene rings is 1. The number of primary amides is 1. The second-order valence-corrected chi connectivity index (χ2v) is 18.4. The summed E-state index contributed by atoms with van der Waals surface area (Å²) in [5, 5.41) is 68.2. The summed E-state index contributed by atoms with van der Waals surface area (Å²) >= 11 is 0. The van der Waals surface area contributed by atoms with E-state index in [0.717, 1.165) is 4.90 Å². The summed E-state index contributed by atoms with van der Waals surface area (Å²) in [6, 6.07) is -5.80. The molecule has 30 heteroatoms. The summed E-state index contributed by atoms with van der Waals surface area (Å²) in [7, 11) is 0. The first kappa shape index (κ1) is 63.2. The highest BCUT2D eigenvalue weighted by Crippen LogP contribution is 2.20. The highest BCUT2D eigenvalue weighted by atomic mass is 16.4. The van der Waals surface area contributed by atoms with E-state index >= 15 is 0 Å². The van der Waals surface area contributed by atoms with Crippen LogP contribution >= 0.6 is 0 Å². The maximum Gasteiger partial charge on any atom is 0.326 e. The van der Waals surface area contributed by atoms with Crippen LogP contribution in [0.2, 0.25) is 0 Å². The van der Waals surface area contributed by atoms with Gasteiger partial charge in [0.05, 0.1) is 32.7 Å². The molecule has 18 N–H and O–H groups in total. The van der Waals surface area contributed by atoms with Crippen LogP contribution in [0.1, 0.15) is 70.1 Å². The number of aliphatic carboxylic acids is 2. The van der Waals surface area contributed by atoms with Crippen molar-refractivity contribution in [3.63, 3.8) is 0 Å². The molecule has 1 aliphatic heterocycles. The van der Waals surface area contributed by atoms with Crippen molar-refractivity contribution in [3.8, 4) is 0 Å². The van der Waals surface area contributed by atoms with Gasteiger partial charge in [0.2, 0.25) is 59.1 Å². The number of imidazole rings is 1. The molecule has 10 amide bonds. The summed E-state index contributed by atoms with van der Waals surface area (Å²) in [5.74, 6) is -12.9. The third-order valence-corrected chi connectivity index (χ3v) is 11.9. The maximum absolute atomic E-state index is 14.1. The number of aromatic nitrogens is 2. The van der Waals surface area contributed by atoms with Gasteiger partial charge < -0.3 is 89.4 Å². The second kappa shape index (κ2) is 31.7. The zero-order valence-electron chi connectivity index (χ0n) is 42.4. The maximum atomic E-state index is 14.1. The molecule has 0 aliphatic carbocycles. The number of rotatable bonds is 33. The predicted octanol–water partition coefficient (Wildman–Crippen LogP) is -6.74. The average Bonchev–Trinajstić information content (AvgIpc) is 4.11. The fourth-order valence-corrected chi connectivity index (χ4v) is 7.90. The number of carbonyl (C=O) groups excluding carboxylic acids is 10. The molecule has 1 aromatic carbocycles. The number of carboxylic acid groups (broad SMARTS) is 2. The molecule has 0 bridgehead atoms. The first-order valence-electron chi connectivity index (χ1n) is 24.5. The van der Waals surface area contributed by atoms with E-state index in [4.69, 9.17) is 11.5 Å². The second-order valence-electron chi connectivity index (χ2n) is 18.4. The molecule has 2 aromatic rings. The molecule has 0 radical (unpaired) electrons.